The smallest absolute Gasteiger partial charge is 0.744 e. The molecule has 0 atom stereocenters. The summed E-state index contributed by atoms with van der Waals surface area (Å²) in [4.78, 5) is 33.3. The normalized spacial score (nSPS) is 14.7. The molecule has 0 unspecified atom stereocenters. The number of allylic oxidation sites excluding steroid dienone is 4. The van der Waals surface area contributed by atoms with Gasteiger partial charge >= 0.3 is 118 Å². The van der Waals surface area contributed by atoms with Gasteiger partial charge in [0.2, 0.25) is 5.78 Å². The maximum atomic E-state index is 13.7. The number of carboxylic acid groups (broad SMARTS) is 1. The Morgan fingerprint density at radius 3 is 1.70 bits per heavy atom. The number of nitrogens with two attached hydrogens (primary N) is 1. The van der Waals surface area contributed by atoms with Crippen LogP contribution in [0.25, 0.3) is 17.2 Å². The van der Waals surface area contributed by atoms with Crippen LogP contribution in [-0.4, -0.2) is 67.9 Å². The van der Waals surface area contributed by atoms with Crippen molar-refractivity contribution in [3.05, 3.63) is 113 Å². The second-order valence-corrected chi connectivity index (χ2v) is 16.9. The summed E-state index contributed by atoms with van der Waals surface area (Å²) in [5, 5.41) is 26.7. The number of carbonyl (C=O) groups excluding carboxylic acids is 3. The van der Waals surface area contributed by atoms with Crippen molar-refractivity contribution in [2.45, 2.75) is 28.5 Å². The Morgan fingerprint density at radius 2 is 1.19 bits per heavy atom. The van der Waals surface area contributed by atoms with E-state index in [0.717, 1.165) is 41.0 Å². The third kappa shape index (κ3) is 13.1. The van der Waals surface area contributed by atoms with Gasteiger partial charge in [-0.15, -0.1) is 10.2 Å². The Bertz CT molecular complexity index is 3140. The van der Waals surface area contributed by atoms with Gasteiger partial charge in [0.25, 0.3) is 0 Å². The molecule has 0 amide bonds. The number of azo groups is 1. The number of nitrogens with one attached hydrogen (secondary N) is 2. The third-order valence-corrected chi connectivity index (χ3v) is 11.4. The summed E-state index contributed by atoms with van der Waals surface area (Å²) in [5.74, 6) is -3.27. The van der Waals surface area contributed by atoms with Gasteiger partial charge < -0.3 is 29.3 Å². The summed E-state index contributed by atoms with van der Waals surface area (Å²) in [7, 11) is -16.0. The van der Waals surface area contributed by atoms with Crippen LogP contribution in [0, 0.1) is 13.8 Å². The number of ketones is 2. The minimum Gasteiger partial charge on any atom is -0.744 e. The van der Waals surface area contributed by atoms with E-state index in [1.807, 2.05) is 19.1 Å². The minimum atomic E-state index is -5.46. The molecule has 308 valence electrons. The maximum Gasteiger partial charge on any atom is 1.00 e. The van der Waals surface area contributed by atoms with Crippen LogP contribution in [0.5, 0.6) is 0 Å². The van der Waals surface area contributed by atoms with Gasteiger partial charge in [-0.1, -0.05) is 18.2 Å². The van der Waals surface area contributed by atoms with E-state index in [1.54, 1.807) is 31.2 Å². The zero-order chi connectivity index (χ0) is 43.9. The molecule has 0 aliphatic heterocycles. The van der Waals surface area contributed by atoms with Crippen molar-refractivity contribution in [3.63, 3.8) is 0 Å². The molecule has 4 aromatic carbocycles. The molecule has 2 aliphatic carbocycles. The van der Waals surface area contributed by atoms with E-state index in [2.05, 4.69) is 31.3 Å². The fraction of sp³-hybridized carbons (Fsp3) is 0.0541. The van der Waals surface area contributed by atoms with Crippen LogP contribution in [0.1, 0.15) is 27.0 Å². The Hall–Kier alpha value is -3.02. The number of carbonyl (C=O) groups is 3. The fourth-order valence-electron chi connectivity index (χ4n) is 5.80. The monoisotopic (exact) mass is 963 g/mol. The molecule has 0 spiro atoms. The molecular weight excluding hydrogens is 939 g/mol. The molecule has 0 saturated heterocycles. The Balaban J connectivity index is 0.00000352. The van der Waals surface area contributed by atoms with Gasteiger partial charge in [0, 0.05) is 11.1 Å². The van der Waals surface area contributed by atoms with Crippen LogP contribution >= 0.6 is 0 Å². The van der Waals surface area contributed by atoms with Gasteiger partial charge in [0.15, 0.2) is 5.78 Å². The number of anilines is 3. The molecule has 64 heavy (non-hydrogen) atoms. The van der Waals surface area contributed by atoms with Crippen LogP contribution < -0.4 is 140 Å². The fourth-order valence-corrected chi connectivity index (χ4v) is 7.70. The second-order valence-electron chi connectivity index (χ2n) is 12.8. The quantitative estimate of drug-likeness (QED) is 0.0239. The first kappa shape index (κ1) is 57.1. The molecule has 4 aromatic rings. The zero-order valence-corrected chi connectivity index (χ0v) is 45.0. The standard InChI is InChI=1S/C37H29N7O13S3.4Na/c1-18-13-20(3-8-26(18)40-39-22-5-12-31(45)25(15-22)37(47)48)21-4-9-27(19(2)14-21)41-43-29-11-7-24-32(59(52,53)54)17-30(35(38)34(24)36(29)46)44-42-28-10-6-23(58(49,50)51)16-33(28)60(55,56)57;;;;/h3-17,40-41H,38H2,1-2H3,(H,47,48)(H,49,50,51)(H,52,53,54)(H,55,56,57);;;;/q;4*+1/p-4/b39-22-,43-29+,44-42?;;;;. The molecule has 20 nitrogen and oxygen atoms in total. The van der Waals surface area contributed by atoms with Crippen LogP contribution in [0.3, 0.4) is 0 Å². The van der Waals surface area contributed by atoms with Gasteiger partial charge in [-0.3, -0.25) is 20.4 Å². The Kier molecular flexibility index (Phi) is 20.2. The van der Waals surface area contributed by atoms with E-state index in [4.69, 9.17) is 5.73 Å². The molecule has 0 radical (unpaired) electrons. The number of carboxylic acids is 1. The maximum absolute atomic E-state index is 13.7. The number of rotatable bonds is 11. The molecule has 0 bridgehead atoms. The molecule has 2 aliphatic rings. The van der Waals surface area contributed by atoms with E-state index in [9.17, 15) is 58.4 Å². The van der Waals surface area contributed by atoms with Crippen molar-refractivity contribution in [2.24, 2.45) is 20.4 Å². The molecule has 0 heterocycles. The van der Waals surface area contributed by atoms with Gasteiger partial charge in [0.05, 0.1) is 49.0 Å². The van der Waals surface area contributed by atoms with Crippen LogP contribution in [0.2, 0.25) is 0 Å². The van der Waals surface area contributed by atoms with E-state index in [1.165, 1.54) is 6.08 Å². The van der Waals surface area contributed by atoms with Crippen LogP contribution in [0.4, 0.5) is 28.4 Å². The first-order valence-corrected chi connectivity index (χ1v) is 20.9. The van der Waals surface area contributed by atoms with E-state index in [-0.39, 0.29) is 136 Å². The largest absolute Gasteiger partial charge is 1.00 e. The second kappa shape index (κ2) is 22.6. The van der Waals surface area contributed by atoms with Crippen LogP contribution in [0.15, 0.2) is 126 Å². The predicted octanol–water partition coefficient (Wildman–Crippen LogP) is -9.04. The number of hydrogen-bond acceptors (Lipinski definition) is 20. The zero-order valence-electron chi connectivity index (χ0n) is 34.6. The summed E-state index contributed by atoms with van der Waals surface area (Å²) < 4.78 is 107. The van der Waals surface area contributed by atoms with Crippen molar-refractivity contribution in [1.29, 1.82) is 0 Å². The number of Topliss-reactive ketones (excluding diaryl/α,β-unsaturated/α-hetero) is 1. The number of benzene rings is 4. The number of aliphatic carboxylic acids is 1. The minimum absolute atomic E-state index is 0. The van der Waals surface area contributed by atoms with Gasteiger partial charge in [0.1, 0.15) is 47.4 Å². The average Bonchev–Trinajstić information content (AvgIpc) is 3.16. The predicted molar refractivity (Wildman–Crippen MR) is 209 cm³/mol. The van der Waals surface area contributed by atoms with Crippen molar-refractivity contribution < 1.29 is 177 Å². The number of hydrogen-bond donors (Lipinski definition) is 3. The SMILES string of the molecule is Cc1cc(-c2ccc(N/N=C3\C=Cc4c(S(=O)(=O)[O-])cc(N=Nc5ccc(S(=O)(=O)[O-])cc5S(=O)(=O)[O-])c(N)c4C3=O)c(C)c2)ccc1N/N=C1/C=CC(=O)C(C(=O)[O-])=C1.[Na+].[Na+].[Na+].[Na+]. The summed E-state index contributed by atoms with van der Waals surface area (Å²) in [6.07, 6.45) is 5.79. The third-order valence-electron chi connectivity index (χ3n) is 8.81. The molecule has 0 fully saturated rings. The molecule has 4 N–H and O–H groups in total. The molecule has 0 aromatic heterocycles. The summed E-state index contributed by atoms with van der Waals surface area (Å²) in [5.41, 5.74) is 12.4. The Labute approximate surface area is 454 Å². The number of aryl methyl sites for hydroxylation is 2. The van der Waals surface area contributed by atoms with E-state index >= 15 is 0 Å². The average molecular weight is 964 g/mol. The number of nitrogen functional groups attached to an aromatic ring is 1. The first-order valence-electron chi connectivity index (χ1n) is 16.7. The summed E-state index contributed by atoms with van der Waals surface area (Å²) in [6.45, 7) is 3.57. The molecule has 0 saturated carbocycles. The number of fused-ring (bicyclic) bond motifs is 1. The van der Waals surface area contributed by atoms with Gasteiger partial charge in [-0.05, 0) is 109 Å². The van der Waals surface area contributed by atoms with Crippen molar-refractivity contribution in [3.8, 4) is 11.1 Å². The topological polar surface area (TPSA) is 345 Å². The van der Waals surface area contributed by atoms with Crippen LogP contribution in [-0.2, 0) is 39.9 Å². The van der Waals surface area contributed by atoms with Crippen molar-refractivity contribution in [2.75, 3.05) is 16.6 Å². The van der Waals surface area contributed by atoms with Gasteiger partial charge in [-0.25, -0.2) is 25.3 Å². The van der Waals surface area contributed by atoms with E-state index in [0.29, 0.717) is 35.1 Å². The summed E-state index contributed by atoms with van der Waals surface area (Å²) in [6, 6.07) is 12.9. The Morgan fingerprint density at radius 1 is 0.641 bits per heavy atom. The van der Waals surface area contributed by atoms with Crippen molar-refractivity contribution >= 4 is 93.8 Å². The number of nitrogens with zero attached hydrogens (tertiary/aromatic N) is 4. The molecule has 27 heteroatoms. The number of hydrazone groups is 2. The van der Waals surface area contributed by atoms with E-state index < -0.39 is 96.3 Å². The summed E-state index contributed by atoms with van der Waals surface area (Å²) >= 11 is 0. The first-order chi connectivity index (χ1) is 28.0. The molecular formula is C37H25N7Na4O13S3. The van der Waals surface area contributed by atoms with Gasteiger partial charge in [-0.2, -0.15) is 10.2 Å². The van der Waals surface area contributed by atoms with Crippen molar-refractivity contribution in [1.82, 2.24) is 0 Å². The molecule has 6 rings (SSSR count).